The third kappa shape index (κ3) is 1.14. The molecule has 0 unspecified atom stereocenters. The molecule has 13 heavy (non-hydrogen) atoms. The second kappa shape index (κ2) is 2.73. The van der Waals surface area contributed by atoms with Crippen molar-refractivity contribution in [2.45, 2.75) is 19.8 Å². The van der Waals surface area contributed by atoms with Crippen molar-refractivity contribution < 1.29 is 0 Å². The first-order valence-corrected chi connectivity index (χ1v) is 4.26. The Morgan fingerprint density at radius 1 is 1.54 bits per heavy atom. The van der Waals surface area contributed by atoms with E-state index in [1.807, 2.05) is 26.0 Å². The van der Waals surface area contributed by atoms with Crippen LogP contribution < -0.4 is 5.69 Å². The van der Waals surface area contributed by atoms with Crippen LogP contribution in [0.4, 0.5) is 0 Å². The first kappa shape index (κ1) is 8.04. The van der Waals surface area contributed by atoms with Crippen molar-refractivity contribution in [1.29, 1.82) is 0 Å². The van der Waals surface area contributed by atoms with Gasteiger partial charge in [0.05, 0.1) is 11.2 Å². The van der Waals surface area contributed by atoms with Gasteiger partial charge >= 0.3 is 5.69 Å². The topological polar surface area (TPSA) is 50.2 Å². The minimum absolute atomic E-state index is 0.190. The lowest BCUT2D eigenvalue weighted by Gasteiger charge is -2.04. The minimum atomic E-state index is -0.190. The van der Waals surface area contributed by atoms with Gasteiger partial charge in [-0.2, -0.15) is 5.10 Å². The standard InChI is InChI=1S/C9H11N3O/c1-6(2)8-7-4-3-5-12(7)9(13)11-10-8/h3-6H,1-2H3,(H,11,13). The van der Waals surface area contributed by atoms with Crippen molar-refractivity contribution >= 4 is 5.52 Å². The second-order valence-corrected chi connectivity index (χ2v) is 3.33. The number of rotatable bonds is 1. The third-order valence-electron chi connectivity index (χ3n) is 2.05. The molecule has 0 amide bonds. The number of H-pyrrole nitrogens is 1. The molecule has 4 heteroatoms. The van der Waals surface area contributed by atoms with Crippen LogP contribution in [-0.4, -0.2) is 14.6 Å². The van der Waals surface area contributed by atoms with Gasteiger partial charge in [0.2, 0.25) is 0 Å². The summed E-state index contributed by atoms with van der Waals surface area (Å²) >= 11 is 0. The van der Waals surface area contributed by atoms with E-state index in [0.29, 0.717) is 5.92 Å². The summed E-state index contributed by atoms with van der Waals surface area (Å²) in [6, 6.07) is 3.75. The molecule has 0 saturated heterocycles. The highest BCUT2D eigenvalue weighted by atomic mass is 16.1. The number of hydrogen-bond acceptors (Lipinski definition) is 2. The monoisotopic (exact) mass is 177 g/mol. The molecule has 0 atom stereocenters. The van der Waals surface area contributed by atoms with Crippen molar-refractivity contribution in [2.75, 3.05) is 0 Å². The molecule has 0 aliphatic heterocycles. The SMILES string of the molecule is CC(C)c1n[nH]c(=O)n2cccc12. The average Bonchev–Trinajstić information content (AvgIpc) is 2.53. The van der Waals surface area contributed by atoms with E-state index in [1.165, 1.54) is 0 Å². The first-order valence-electron chi connectivity index (χ1n) is 4.26. The normalized spacial score (nSPS) is 11.3. The molecule has 0 saturated carbocycles. The van der Waals surface area contributed by atoms with E-state index < -0.39 is 0 Å². The Kier molecular flexibility index (Phi) is 1.69. The van der Waals surface area contributed by atoms with Crippen LogP contribution in [0.3, 0.4) is 0 Å². The van der Waals surface area contributed by atoms with Gasteiger partial charge < -0.3 is 0 Å². The maximum Gasteiger partial charge on any atom is 0.346 e. The van der Waals surface area contributed by atoms with Crippen molar-refractivity contribution in [3.05, 3.63) is 34.5 Å². The van der Waals surface area contributed by atoms with Gasteiger partial charge in [-0.3, -0.25) is 4.40 Å². The smallest absolute Gasteiger partial charge is 0.267 e. The molecule has 2 aromatic rings. The number of hydrogen-bond donors (Lipinski definition) is 1. The van der Waals surface area contributed by atoms with E-state index >= 15 is 0 Å². The number of nitrogens with zero attached hydrogens (tertiary/aromatic N) is 2. The number of aromatic nitrogens is 3. The van der Waals surface area contributed by atoms with Gasteiger partial charge in [-0.25, -0.2) is 9.89 Å². The fourth-order valence-corrected chi connectivity index (χ4v) is 1.41. The molecule has 0 spiro atoms. The summed E-state index contributed by atoms with van der Waals surface area (Å²) in [7, 11) is 0. The Labute approximate surface area is 75.2 Å². The predicted octanol–water partition coefficient (Wildman–Crippen LogP) is 1.15. The quantitative estimate of drug-likeness (QED) is 0.710. The van der Waals surface area contributed by atoms with Crippen molar-refractivity contribution in [3.63, 3.8) is 0 Å². The van der Waals surface area contributed by atoms with Crippen LogP contribution in [0.15, 0.2) is 23.1 Å². The summed E-state index contributed by atoms with van der Waals surface area (Å²) in [6.45, 7) is 4.10. The van der Waals surface area contributed by atoms with Crippen LogP contribution in [0.5, 0.6) is 0 Å². The molecule has 2 rings (SSSR count). The van der Waals surface area contributed by atoms with Crippen molar-refractivity contribution in [3.8, 4) is 0 Å². The Morgan fingerprint density at radius 3 is 3.00 bits per heavy atom. The molecule has 0 fully saturated rings. The van der Waals surface area contributed by atoms with Crippen LogP contribution in [0.2, 0.25) is 0 Å². The van der Waals surface area contributed by atoms with Gasteiger partial charge in [-0.05, 0) is 18.1 Å². The van der Waals surface area contributed by atoms with E-state index in [2.05, 4.69) is 10.2 Å². The minimum Gasteiger partial charge on any atom is -0.267 e. The van der Waals surface area contributed by atoms with Crippen LogP contribution >= 0.6 is 0 Å². The largest absolute Gasteiger partial charge is 0.346 e. The van der Waals surface area contributed by atoms with Gasteiger partial charge in [0.25, 0.3) is 0 Å². The van der Waals surface area contributed by atoms with Crippen molar-refractivity contribution in [2.24, 2.45) is 0 Å². The maximum absolute atomic E-state index is 11.3. The second-order valence-electron chi connectivity index (χ2n) is 3.33. The summed E-state index contributed by atoms with van der Waals surface area (Å²) in [5.74, 6) is 0.314. The average molecular weight is 177 g/mol. The highest BCUT2D eigenvalue weighted by molar-refractivity contribution is 5.52. The van der Waals surface area contributed by atoms with Gasteiger partial charge in [-0.1, -0.05) is 13.8 Å². The highest BCUT2D eigenvalue weighted by Crippen LogP contribution is 2.15. The van der Waals surface area contributed by atoms with Crippen LogP contribution in [0.25, 0.3) is 5.52 Å². The van der Waals surface area contributed by atoms with Gasteiger partial charge in [0, 0.05) is 6.20 Å². The predicted molar refractivity (Wildman–Crippen MR) is 49.9 cm³/mol. The third-order valence-corrected chi connectivity index (χ3v) is 2.05. The van der Waals surface area contributed by atoms with E-state index in [4.69, 9.17) is 0 Å². The molecular formula is C9H11N3O. The van der Waals surface area contributed by atoms with E-state index in [9.17, 15) is 4.79 Å². The molecule has 0 bridgehead atoms. The molecule has 2 heterocycles. The van der Waals surface area contributed by atoms with Crippen LogP contribution in [-0.2, 0) is 0 Å². The first-order chi connectivity index (χ1) is 6.20. The van der Waals surface area contributed by atoms with Gasteiger partial charge in [0.15, 0.2) is 0 Å². The van der Waals surface area contributed by atoms with Gasteiger partial charge in [0.1, 0.15) is 0 Å². The molecule has 0 aliphatic carbocycles. The Balaban J connectivity index is 2.86. The Morgan fingerprint density at radius 2 is 2.31 bits per heavy atom. The number of aromatic amines is 1. The Hall–Kier alpha value is -1.58. The lowest BCUT2D eigenvalue weighted by Crippen LogP contribution is -2.19. The summed E-state index contributed by atoms with van der Waals surface area (Å²) in [4.78, 5) is 11.3. The zero-order valence-corrected chi connectivity index (χ0v) is 7.61. The molecule has 0 aromatic carbocycles. The molecule has 68 valence electrons. The number of fused-ring (bicyclic) bond motifs is 1. The zero-order chi connectivity index (χ0) is 9.42. The Bertz CT molecular complexity index is 481. The maximum atomic E-state index is 11.3. The molecule has 1 N–H and O–H groups in total. The highest BCUT2D eigenvalue weighted by Gasteiger charge is 2.08. The molecular weight excluding hydrogens is 166 g/mol. The lowest BCUT2D eigenvalue weighted by atomic mass is 10.1. The summed E-state index contributed by atoms with van der Waals surface area (Å²) < 4.78 is 1.57. The molecule has 0 radical (unpaired) electrons. The summed E-state index contributed by atoms with van der Waals surface area (Å²) in [5, 5.41) is 6.49. The fraction of sp³-hybridized carbons (Fsp3) is 0.333. The van der Waals surface area contributed by atoms with E-state index in [0.717, 1.165) is 11.2 Å². The van der Waals surface area contributed by atoms with Crippen LogP contribution in [0, 0.1) is 0 Å². The summed E-state index contributed by atoms with van der Waals surface area (Å²) in [6.07, 6.45) is 1.74. The summed E-state index contributed by atoms with van der Waals surface area (Å²) in [5.41, 5.74) is 1.62. The fourth-order valence-electron chi connectivity index (χ4n) is 1.41. The van der Waals surface area contributed by atoms with E-state index in [1.54, 1.807) is 10.6 Å². The van der Waals surface area contributed by atoms with Crippen molar-refractivity contribution in [1.82, 2.24) is 14.6 Å². The molecule has 2 aromatic heterocycles. The molecule has 4 nitrogen and oxygen atoms in total. The van der Waals surface area contributed by atoms with E-state index in [-0.39, 0.29) is 5.69 Å². The van der Waals surface area contributed by atoms with Crippen LogP contribution in [0.1, 0.15) is 25.5 Å². The lowest BCUT2D eigenvalue weighted by molar-refractivity contribution is 0.757. The zero-order valence-electron chi connectivity index (χ0n) is 7.61. The van der Waals surface area contributed by atoms with Gasteiger partial charge in [-0.15, -0.1) is 0 Å². The number of nitrogens with one attached hydrogen (secondary N) is 1. The molecule has 0 aliphatic rings.